The van der Waals surface area contributed by atoms with Crippen LogP contribution in [0.2, 0.25) is 0 Å². The first-order valence-corrected chi connectivity index (χ1v) is 8.23. The highest BCUT2D eigenvalue weighted by molar-refractivity contribution is 5.91. The highest BCUT2D eigenvalue weighted by atomic mass is 16.4. The Kier molecular flexibility index (Phi) is 4.81. The van der Waals surface area contributed by atoms with Gasteiger partial charge in [0.1, 0.15) is 5.76 Å². The number of amides is 1. The van der Waals surface area contributed by atoms with Crippen LogP contribution >= 0.6 is 0 Å². The molecule has 2 aromatic heterocycles. The van der Waals surface area contributed by atoms with Crippen molar-refractivity contribution in [3.63, 3.8) is 0 Å². The summed E-state index contributed by atoms with van der Waals surface area (Å²) < 4.78 is 7.42. The first kappa shape index (κ1) is 15.8. The monoisotopic (exact) mass is 316 g/mol. The summed E-state index contributed by atoms with van der Waals surface area (Å²) >= 11 is 0. The van der Waals surface area contributed by atoms with Gasteiger partial charge in [-0.15, -0.1) is 0 Å². The summed E-state index contributed by atoms with van der Waals surface area (Å²) in [5.41, 5.74) is 1.21. The molecule has 0 bridgehead atoms. The van der Waals surface area contributed by atoms with Crippen molar-refractivity contribution in [1.82, 2.24) is 19.6 Å². The zero-order chi connectivity index (χ0) is 16.2. The van der Waals surface area contributed by atoms with Gasteiger partial charge in [-0.1, -0.05) is 6.92 Å². The first-order valence-electron chi connectivity index (χ1n) is 8.23. The SMILES string of the molecule is CCc1ccc(C(=O)N2CCCN(Cc3cnn(C)c3)CC2)o1. The number of carbonyl (C=O) groups is 1. The normalized spacial score (nSPS) is 16.5. The van der Waals surface area contributed by atoms with Crippen molar-refractivity contribution in [2.75, 3.05) is 26.2 Å². The molecule has 0 spiro atoms. The molecule has 3 heterocycles. The van der Waals surface area contributed by atoms with Gasteiger partial charge in [0.2, 0.25) is 0 Å². The van der Waals surface area contributed by atoms with E-state index in [-0.39, 0.29) is 5.91 Å². The predicted molar refractivity (Wildman–Crippen MR) is 87.1 cm³/mol. The summed E-state index contributed by atoms with van der Waals surface area (Å²) in [6.07, 6.45) is 5.74. The third-order valence-corrected chi connectivity index (χ3v) is 4.26. The Bertz CT molecular complexity index is 661. The van der Waals surface area contributed by atoms with E-state index in [1.54, 1.807) is 6.07 Å². The van der Waals surface area contributed by atoms with E-state index in [1.165, 1.54) is 5.56 Å². The topological polar surface area (TPSA) is 54.5 Å². The summed E-state index contributed by atoms with van der Waals surface area (Å²) in [5, 5.41) is 4.21. The summed E-state index contributed by atoms with van der Waals surface area (Å²) in [5.74, 6) is 1.33. The number of hydrogen-bond acceptors (Lipinski definition) is 4. The number of rotatable bonds is 4. The van der Waals surface area contributed by atoms with E-state index in [0.717, 1.165) is 51.3 Å². The molecule has 2 aromatic rings. The van der Waals surface area contributed by atoms with Crippen molar-refractivity contribution < 1.29 is 9.21 Å². The Hall–Kier alpha value is -2.08. The molecule has 0 aliphatic carbocycles. The number of carbonyl (C=O) groups excluding carboxylic acids is 1. The lowest BCUT2D eigenvalue weighted by Gasteiger charge is -2.20. The van der Waals surface area contributed by atoms with Crippen molar-refractivity contribution in [1.29, 1.82) is 0 Å². The number of nitrogens with zero attached hydrogens (tertiary/aromatic N) is 4. The number of aryl methyl sites for hydroxylation is 2. The van der Waals surface area contributed by atoms with E-state index in [9.17, 15) is 4.79 Å². The minimum atomic E-state index is 0.00734. The molecule has 1 aliphatic heterocycles. The van der Waals surface area contributed by atoms with E-state index < -0.39 is 0 Å². The molecular weight excluding hydrogens is 292 g/mol. The van der Waals surface area contributed by atoms with E-state index in [4.69, 9.17) is 4.42 Å². The Morgan fingerprint density at radius 2 is 2.13 bits per heavy atom. The summed E-state index contributed by atoms with van der Waals surface area (Å²) in [7, 11) is 1.93. The molecule has 3 rings (SSSR count). The van der Waals surface area contributed by atoms with Crippen molar-refractivity contribution in [3.8, 4) is 0 Å². The van der Waals surface area contributed by atoms with Crippen molar-refractivity contribution in [2.24, 2.45) is 7.05 Å². The average molecular weight is 316 g/mol. The van der Waals surface area contributed by atoms with Gasteiger partial charge in [-0.2, -0.15) is 5.10 Å². The highest BCUT2D eigenvalue weighted by Crippen LogP contribution is 2.14. The van der Waals surface area contributed by atoms with E-state index in [2.05, 4.69) is 10.00 Å². The van der Waals surface area contributed by atoms with Crippen LogP contribution in [0.1, 0.15) is 35.2 Å². The van der Waals surface area contributed by atoms with Crippen LogP contribution in [0.4, 0.5) is 0 Å². The largest absolute Gasteiger partial charge is 0.456 e. The maximum atomic E-state index is 12.6. The molecule has 6 nitrogen and oxygen atoms in total. The summed E-state index contributed by atoms with van der Waals surface area (Å²) in [6, 6.07) is 3.68. The maximum absolute atomic E-state index is 12.6. The molecular formula is C17H24N4O2. The van der Waals surface area contributed by atoms with Gasteiger partial charge < -0.3 is 9.32 Å². The first-order chi connectivity index (χ1) is 11.2. The Balaban J connectivity index is 1.58. The van der Waals surface area contributed by atoms with Gasteiger partial charge in [-0.05, 0) is 18.6 Å². The second-order valence-electron chi connectivity index (χ2n) is 6.06. The Morgan fingerprint density at radius 3 is 2.83 bits per heavy atom. The number of furan rings is 1. The summed E-state index contributed by atoms with van der Waals surface area (Å²) in [6.45, 7) is 6.30. The molecule has 0 N–H and O–H groups in total. The molecule has 0 unspecified atom stereocenters. The molecule has 1 aliphatic rings. The van der Waals surface area contributed by atoms with Crippen LogP contribution < -0.4 is 0 Å². The fraction of sp³-hybridized carbons (Fsp3) is 0.529. The van der Waals surface area contributed by atoms with Crippen LogP contribution in [-0.2, 0) is 20.0 Å². The zero-order valence-corrected chi connectivity index (χ0v) is 13.9. The minimum Gasteiger partial charge on any atom is -0.456 e. The maximum Gasteiger partial charge on any atom is 0.289 e. The predicted octanol–water partition coefficient (Wildman–Crippen LogP) is 1.92. The van der Waals surface area contributed by atoms with Gasteiger partial charge in [0.25, 0.3) is 5.91 Å². The van der Waals surface area contributed by atoms with Crippen molar-refractivity contribution in [3.05, 3.63) is 41.6 Å². The lowest BCUT2D eigenvalue weighted by Crippen LogP contribution is -2.34. The summed E-state index contributed by atoms with van der Waals surface area (Å²) in [4.78, 5) is 16.8. The van der Waals surface area contributed by atoms with Gasteiger partial charge in [0.05, 0.1) is 6.20 Å². The van der Waals surface area contributed by atoms with E-state index in [1.807, 2.05) is 42.0 Å². The lowest BCUT2D eigenvalue weighted by atomic mass is 10.3. The van der Waals surface area contributed by atoms with Crippen LogP contribution in [-0.4, -0.2) is 51.7 Å². The van der Waals surface area contributed by atoms with E-state index in [0.29, 0.717) is 5.76 Å². The van der Waals surface area contributed by atoms with Gasteiger partial charge in [-0.3, -0.25) is 14.4 Å². The van der Waals surface area contributed by atoms with Crippen molar-refractivity contribution in [2.45, 2.75) is 26.3 Å². The van der Waals surface area contributed by atoms with Gasteiger partial charge in [-0.25, -0.2) is 0 Å². The van der Waals surface area contributed by atoms with Gasteiger partial charge in [0.15, 0.2) is 5.76 Å². The highest BCUT2D eigenvalue weighted by Gasteiger charge is 2.22. The minimum absolute atomic E-state index is 0.00734. The molecule has 1 amide bonds. The second-order valence-corrected chi connectivity index (χ2v) is 6.06. The lowest BCUT2D eigenvalue weighted by molar-refractivity contribution is 0.0727. The smallest absolute Gasteiger partial charge is 0.289 e. The Labute approximate surface area is 136 Å². The molecule has 0 radical (unpaired) electrons. The number of aromatic nitrogens is 2. The molecule has 6 heteroatoms. The standard InChI is InChI=1S/C17H24N4O2/c1-3-15-5-6-16(23-15)17(22)21-8-4-7-20(9-10-21)13-14-11-18-19(2)12-14/h5-6,11-12H,3-4,7-10,13H2,1-2H3. The zero-order valence-electron chi connectivity index (χ0n) is 13.9. The third-order valence-electron chi connectivity index (χ3n) is 4.26. The van der Waals surface area contributed by atoms with Gasteiger partial charge in [0, 0.05) is 58.0 Å². The van der Waals surface area contributed by atoms with Crippen LogP contribution in [0.25, 0.3) is 0 Å². The molecule has 0 atom stereocenters. The average Bonchev–Trinajstić information content (AvgIpc) is 3.12. The molecule has 1 saturated heterocycles. The van der Waals surface area contributed by atoms with E-state index >= 15 is 0 Å². The molecule has 0 aromatic carbocycles. The van der Waals surface area contributed by atoms with Gasteiger partial charge >= 0.3 is 0 Å². The Morgan fingerprint density at radius 1 is 1.26 bits per heavy atom. The van der Waals surface area contributed by atoms with Crippen LogP contribution in [0.3, 0.4) is 0 Å². The fourth-order valence-corrected chi connectivity index (χ4v) is 2.98. The molecule has 124 valence electrons. The number of hydrogen-bond donors (Lipinski definition) is 0. The quantitative estimate of drug-likeness (QED) is 0.865. The molecule has 1 fully saturated rings. The molecule has 23 heavy (non-hydrogen) atoms. The fourth-order valence-electron chi connectivity index (χ4n) is 2.98. The van der Waals surface area contributed by atoms with Crippen molar-refractivity contribution >= 4 is 5.91 Å². The van der Waals surface area contributed by atoms with Crippen LogP contribution in [0.5, 0.6) is 0 Å². The van der Waals surface area contributed by atoms with Crippen LogP contribution in [0.15, 0.2) is 28.9 Å². The molecule has 0 saturated carbocycles. The third kappa shape index (κ3) is 3.82. The second kappa shape index (κ2) is 7.00. The van der Waals surface area contributed by atoms with Crippen LogP contribution in [0, 0.1) is 0 Å².